The van der Waals surface area contributed by atoms with Crippen molar-refractivity contribution in [2.75, 3.05) is 14.2 Å². The van der Waals surface area contributed by atoms with E-state index in [-0.39, 0.29) is 5.91 Å². The van der Waals surface area contributed by atoms with Crippen LogP contribution < -0.4 is 4.74 Å². The van der Waals surface area contributed by atoms with Gasteiger partial charge in [0.1, 0.15) is 5.75 Å². The first-order valence-electron chi connectivity index (χ1n) is 6.55. The summed E-state index contributed by atoms with van der Waals surface area (Å²) in [6, 6.07) is 9.45. The lowest BCUT2D eigenvalue weighted by molar-refractivity contribution is -0.129. The largest absolute Gasteiger partial charge is 0.497 e. The molecule has 0 atom stereocenters. The zero-order valence-corrected chi connectivity index (χ0v) is 13.6. The van der Waals surface area contributed by atoms with Crippen LogP contribution in [0.25, 0.3) is 0 Å². The van der Waals surface area contributed by atoms with E-state index in [0.717, 1.165) is 21.3 Å². The van der Waals surface area contributed by atoms with Gasteiger partial charge in [0, 0.05) is 30.5 Å². The lowest BCUT2D eigenvalue weighted by Crippen LogP contribution is -2.27. The van der Waals surface area contributed by atoms with Gasteiger partial charge in [0.25, 0.3) is 0 Å². The molecule has 1 amide bonds. The van der Waals surface area contributed by atoms with E-state index in [1.165, 1.54) is 0 Å². The minimum Gasteiger partial charge on any atom is -0.497 e. The molecular formula is C16H17BrN2O2. The Hall–Kier alpha value is -1.88. The van der Waals surface area contributed by atoms with Gasteiger partial charge >= 0.3 is 0 Å². The summed E-state index contributed by atoms with van der Waals surface area (Å²) in [5.74, 6) is 0.846. The molecule has 0 unspecified atom stereocenters. The van der Waals surface area contributed by atoms with Gasteiger partial charge in [-0.3, -0.25) is 9.78 Å². The van der Waals surface area contributed by atoms with Crippen LogP contribution >= 0.6 is 15.9 Å². The number of benzene rings is 1. The Labute approximate surface area is 132 Å². The van der Waals surface area contributed by atoms with Crippen molar-refractivity contribution in [3.63, 3.8) is 0 Å². The van der Waals surface area contributed by atoms with Crippen molar-refractivity contribution in [2.45, 2.75) is 13.0 Å². The van der Waals surface area contributed by atoms with Crippen molar-refractivity contribution in [2.24, 2.45) is 0 Å². The highest BCUT2D eigenvalue weighted by Crippen LogP contribution is 2.23. The topological polar surface area (TPSA) is 42.4 Å². The lowest BCUT2D eigenvalue weighted by Gasteiger charge is -2.18. The molecule has 2 aromatic rings. The predicted molar refractivity (Wildman–Crippen MR) is 85.1 cm³/mol. The van der Waals surface area contributed by atoms with Crippen molar-refractivity contribution in [1.82, 2.24) is 9.88 Å². The van der Waals surface area contributed by atoms with Crippen LogP contribution in [0.2, 0.25) is 0 Å². The van der Waals surface area contributed by atoms with Crippen molar-refractivity contribution < 1.29 is 9.53 Å². The number of amides is 1. The summed E-state index contributed by atoms with van der Waals surface area (Å²) in [5.41, 5.74) is 1.98. The molecule has 0 bridgehead atoms. The minimum atomic E-state index is 0.0657. The Kier molecular flexibility index (Phi) is 5.33. The molecule has 0 saturated carbocycles. The van der Waals surface area contributed by atoms with Gasteiger partial charge in [-0.1, -0.05) is 15.9 Å². The first kappa shape index (κ1) is 15.5. The van der Waals surface area contributed by atoms with Crippen molar-refractivity contribution >= 4 is 21.8 Å². The minimum absolute atomic E-state index is 0.0657. The van der Waals surface area contributed by atoms with Gasteiger partial charge in [0.15, 0.2) is 0 Å². The van der Waals surface area contributed by atoms with Crippen LogP contribution in [-0.2, 0) is 17.8 Å². The van der Waals surface area contributed by atoms with E-state index in [9.17, 15) is 4.79 Å². The number of methoxy groups -OCH3 is 1. The summed E-state index contributed by atoms with van der Waals surface area (Å²) < 4.78 is 6.18. The van der Waals surface area contributed by atoms with Gasteiger partial charge in [-0.05, 0) is 41.5 Å². The summed E-state index contributed by atoms with van der Waals surface area (Å²) in [7, 11) is 3.43. The Morgan fingerprint density at radius 1 is 1.29 bits per heavy atom. The molecule has 0 spiro atoms. The first-order valence-corrected chi connectivity index (χ1v) is 7.34. The molecule has 5 heteroatoms. The number of halogens is 1. The number of hydrogen-bond donors (Lipinski definition) is 0. The standard InChI is InChI=1S/C16H17BrN2O2/c1-19(16(20)9-12-5-7-18-8-6-12)11-13-10-14(21-2)3-4-15(13)17/h3-8,10H,9,11H2,1-2H3. The number of likely N-dealkylation sites (N-methyl/N-ethyl adjacent to an activating group) is 1. The molecule has 0 aliphatic carbocycles. The highest BCUT2D eigenvalue weighted by Gasteiger charge is 2.12. The van der Waals surface area contributed by atoms with E-state index in [1.807, 2.05) is 30.3 Å². The SMILES string of the molecule is COc1ccc(Br)c(CN(C)C(=O)Cc2ccncc2)c1. The van der Waals surface area contributed by atoms with E-state index in [0.29, 0.717) is 13.0 Å². The van der Waals surface area contributed by atoms with Crippen LogP contribution in [-0.4, -0.2) is 29.9 Å². The lowest BCUT2D eigenvalue weighted by atomic mass is 10.1. The van der Waals surface area contributed by atoms with Crippen LogP contribution in [0.4, 0.5) is 0 Å². The number of rotatable bonds is 5. The van der Waals surface area contributed by atoms with Crippen LogP contribution in [0, 0.1) is 0 Å². The molecule has 0 radical (unpaired) electrons. The second kappa shape index (κ2) is 7.22. The molecule has 0 saturated heterocycles. The summed E-state index contributed by atoms with van der Waals surface area (Å²) >= 11 is 3.50. The number of carbonyl (C=O) groups excluding carboxylic acids is 1. The third kappa shape index (κ3) is 4.29. The smallest absolute Gasteiger partial charge is 0.227 e. The Morgan fingerprint density at radius 2 is 2.00 bits per heavy atom. The van der Waals surface area contributed by atoms with Gasteiger partial charge in [-0.15, -0.1) is 0 Å². The number of hydrogen-bond acceptors (Lipinski definition) is 3. The maximum Gasteiger partial charge on any atom is 0.227 e. The van der Waals surface area contributed by atoms with E-state index < -0.39 is 0 Å². The Bertz CT molecular complexity index is 617. The van der Waals surface area contributed by atoms with Gasteiger partial charge in [-0.25, -0.2) is 0 Å². The molecular weight excluding hydrogens is 332 g/mol. The van der Waals surface area contributed by atoms with Crippen molar-refractivity contribution in [1.29, 1.82) is 0 Å². The van der Waals surface area contributed by atoms with Crippen LogP contribution in [0.5, 0.6) is 5.75 Å². The number of ether oxygens (including phenoxy) is 1. The van der Waals surface area contributed by atoms with Gasteiger partial charge in [0.05, 0.1) is 13.5 Å². The molecule has 0 fully saturated rings. The zero-order chi connectivity index (χ0) is 15.2. The second-order valence-electron chi connectivity index (χ2n) is 4.74. The summed E-state index contributed by atoms with van der Waals surface area (Å²) in [6.07, 6.45) is 3.77. The molecule has 1 aromatic carbocycles. The quantitative estimate of drug-likeness (QED) is 0.833. The second-order valence-corrected chi connectivity index (χ2v) is 5.59. The number of carbonyl (C=O) groups is 1. The van der Waals surface area contributed by atoms with Gasteiger partial charge in [-0.2, -0.15) is 0 Å². The average molecular weight is 349 g/mol. The number of nitrogens with zero attached hydrogens (tertiary/aromatic N) is 2. The van der Waals surface area contributed by atoms with E-state index in [1.54, 1.807) is 31.5 Å². The predicted octanol–water partition coefficient (Wildman–Crippen LogP) is 3.05. The summed E-state index contributed by atoms with van der Waals surface area (Å²) in [4.78, 5) is 17.9. The van der Waals surface area contributed by atoms with Gasteiger partial charge in [0.2, 0.25) is 5.91 Å². The molecule has 21 heavy (non-hydrogen) atoms. The first-order chi connectivity index (χ1) is 10.1. The third-order valence-corrected chi connectivity index (χ3v) is 3.96. The van der Waals surface area contributed by atoms with Crippen LogP contribution in [0.15, 0.2) is 47.2 Å². The molecule has 110 valence electrons. The number of pyridine rings is 1. The van der Waals surface area contributed by atoms with E-state index >= 15 is 0 Å². The fourth-order valence-corrected chi connectivity index (χ4v) is 2.33. The molecule has 0 aliphatic rings. The fraction of sp³-hybridized carbons (Fsp3) is 0.250. The average Bonchev–Trinajstić information content (AvgIpc) is 2.50. The summed E-state index contributed by atoms with van der Waals surface area (Å²) in [6.45, 7) is 0.529. The molecule has 4 nitrogen and oxygen atoms in total. The third-order valence-electron chi connectivity index (χ3n) is 3.19. The van der Waals surface area contributed by atoms with Crippen molar-refractivity contribution in [3.05, 3.63) is 58.3 Å². The molecule has 1 heterocycles. The Balaban J connectivity index is 2.04. The Morgan fingerprint density at radius 3 is 2.67 bits per heavy atom. The zero-order valence-electron chi connectivity index (χ0n) is 12.0. The highest BCUT2D eigenvalue weighted by molar-refractivity contribution is 9.10. The van der Waals surface area contributed by atoms with Crippen LogP contribution in [0.3, 0.4) is 0 Å². The molecule has 2 rings (SSSR count). The summed E-state index contributed by atoms with van der Waals surface area (Å²) in [5, 5.41) is 0. The molecule has 0 N–H and O–H groups in total. The van der Waals surface area contributed by atoms with Crippen molar-refractivity contribution in [3.8, 4) is 5.75 Å². The van der Waals surface area contributed by atoms with E-state index in [4.69, 9.17) is 4.74 Å². The fourth-order valence-electron chi connectivity index (χ4n) is 1.95. The van der Waals surface area contributed by atoms with E-state index in [2.05, 4.69) is 20.9 Å². The molecule has 1 aromatic heterocycles. The maximum absolute atomic E-state index is 12.2. The highest BCUT2D eigenvalue weighted by atomic mass is 79.9. The normalized spacial score (nSPS) is 10.2. The van der Waals surface area contributed by atoms with Gasteiger partial charge < -0.3 is 9.64 Å². The van der Waals surface area contributed by atoms with Crippen LogP contribution in [0.1, 0.15) is 11.1 Å². The number of aromatic nitrogens is 1. The monoisotopic (exact) mass is 348 g/mol. The molecule has 0 aliphatic heterocycles. The maximum atomic E-state index is 12.2.